The minimum atomic E-state index is -2.58. The molecule has 0 amide bonds. The molecule has 0 aliphatic heterocycles. The summed E-state index contributed by atoms with van der Waals surface area (Å²) in [7, 11) is -2.58. The molecule has 2 aromatic rings. The van der Waals surface area contributed by atoms with E-state index in [1.165, 1.54) is 25.7 Å². The van der Waals surface area contributed by atoms with Gasteiger partial charge in [0, 0.05) is 23.3 Å². The van der Waals surface area contributed by atoms with Crippen LogP contribution in [0.3, 0.4) is 0 Å². The Morgan fingerprint density at radius 3 is 1.56 bits per heavy atom. The van der Waals surface area contributed by atoms with Crippen molar-refractivity contribution in [1.82, 2.24) is 4.90 Å². The molecule has 0 fully saturated rings. The maximum atomic E-state index is 14.0. The molecule has 2 rings (SSSR count). The normalized spacial score (nSPS) is 11.8. The molecule has 0 aliphatic carbocycles. The fourth-order valence-corrected chi connectivity index (χ4v) is 5.81. The summed E-state index contributed by atoms with van der Waals surface area (Å²) in [6, 6.07) is 20.1. The van der Waals surface area contributed by atoms with Crippen LogP contribution >= 0.6 is 7.14 Å². The van der Waals surface area contributed by atoms with Crippen molar-refractivity contribution in [3.8, 4) is 0 Å². The quantitative estimate of drug-likeness (QED) is 0.533. The second-order valence-corrected chi connectivity index (χ2v) is 9.64. The van der Waals surface area contributed by atoms with Crippen LogP contribution < -0.4 is 10.6 Å². The minimum absolute atomic E-state index is 0.717. The van der Waals surface area contributed by atoms with E-state index in [0.29, 0.717) is 6.16 Å². The molecule has 0 spiro atoms. The first-order valence-corrected chi connectivity index (χ1v) is 11.5. The van der Waals surface area contributed by atoms with E-state index in [0.717, 1.165) is 30.2 Å². The van der Waals surface area contributed by atoms with Gasteiger partial charge in [-0.1, -0.05) is 87.4 Å². The Morgan fingerprint density at radius 2 is 1.16 bits per heavy atom. The lowest BCUT2D eigenvalue weighted by Gasteiger charge is -2.26. The van der Waals surface area contributed by atoms with E-state index < -0.39 is 7.14 Å². The van der Waals surface area contributed by atoms with Gasteiger partial charge in [0.2, 0.25) is 0 Å². The average Bonchev–Trinajstić information content (AvgIpc) is 2.68. The lowest BCUT2D eigenvalue weighted by molar-refractivity contribution is 0.280. The zero-order valence-electron chi connectivity index (χ0n) is 15.7. The van der Waals surface area contributed by atoms with Crippen molar-refractivity contribution in [3.63, 3.8) is 0 Å². The predicted molar refractivity (Wildman–Crippen MR) is 111 cm³/mol. The molecule has 0 bridgehead atoms. The van der Waals surface area contributed by atoms with Gasteiger partial charge in [-0.15, -0.1) is 0 Å². The number of nitrogens with zero attached hydrogens (tertiary/aromatic N) is 1. The van der Waals surface area contributed by atoms with Crippen LogP contribution in [0.2, 0.25) is 0 Å². The van der Waals surface area contributed by atoms with Gasteiger partial charge >= 0.3 is 0 Å². The lowest BCUT2D eigenvalue weighted by atomic mass is 10.2. The number of unbranched alkanes of at least 4 members (excludes halogenated alkanes) is 2. The van der Waals surface area contributed by atoms with Crippen molar-refractivity contribution in [2.75, 3.05) is 25.8 Å². The van der Waals surface area contributed by atoms with Crippen LogP contribution in [-0.2, 0) is 4.57 Å². The molecule has 0 saturated heterocycles. The molecule has 3 heteroatoms. The molecule has 2 nitrogen and oxygen atoms in total. The fraction of sp³-hybridized carbons (Fsp3) is 0.455. The Hall–Kier alpha value is -1.37. The monoisotopic (exact) mass is 357 g/mol. The van der Waals surface area contributed by atoms with Gasteiger partial charge in [-0.25, -0.2) is 0 Å². The topological polar surface area (TPSA) is 20.3 Å². The van der Waals surface area contributed by atoms with Crippen LogP contribution in [-0.4, -0.2) is 30.7 Å². The number of benzene rings is 2. The number of hydrogen-bond donors (Lipinski definition) is 0. The van der Waals surface area contributed by atoms with Gasteiger partial charge < -0.3 is 9.46 Å². The molecule has 0 unspecified atom stereocenters. The van der Waals surface area contributed by atoms with Gasteiger partial charge in [0.15, 0.2) is 0 Å². The van der Waals surface area contributed by atoms with Gasteiger partial charge in [-0.2, -0.15) is 0 Å². The first-order chi connectivity index (χ1) is 12.2. The van der Waals surface area contributed by atoms with E-state index in [2.05, 4.69) is 18.7 Å². The Kier molecular flexibility index (Phi) is 8.44. The van der Waals surface area contributed by atoms with Crippen LogP contribution in [0.1, 0.15) is 39.5 Å². The smallest absolute Gasteiger partial charge is 0.144 e. The first kappa shape index (κ1) is 19.9. The summed E-state index contributed by atoms with van der Waals surface area (Å²) in [6.45, 7) is 7.59. The standard InChI is InChI=1S/C22H32NOP/c1-3-5-17-23(18-6-4-2)19-20-25(24,21-13-9-7-10-14-21)22-15-11-8-12-16-22/h7-16H,3-6,17-20H2,1-2H3. The summed E-state index contributed by atoms with van der Waals surface area (Å²) in [5, 5.41) is 1.96. The molecule has 0 N–H and O–H groups in total. The molecular weight excluding hydrogens is 325 g/mol. The zero-order chi connectivity index (χ0) is 18.0. The Balaban J connectivity index is 2.20. The van der Waals surface area contributed by atoms with E-state index in [1.54, 1.807) is 0 Å². The third-order valence-electron chi connectivity index (χ3n) is 4.73. The number of rotatable bonds is 11. The predicted octanol–water partition coefficient (Wildman–Crippen LogP) is 4.90. The zero-order valence-corrected chi connectivity index (χ0v) is 16.6. The van der Waals surface area contributed by atoms with Gasteiger partial charge in [-0.05, 0) is 25.9 Å². The van der Waals surface area contributed by atoms with Crippen LogP contribution in [0.5, 0.6) is 0 Å². The molecule has 0 aliphatic rings. The van der Waals surface area contributed by atoms with Crippen LogP contribution in [0, 0.1) is 0 Å². The van der Waals surface area contributed by atoms with E-state index in [9.17, 15) is 4.57 Å². The maximum absolute atomic E-state index is 14.0. The van der Waals surface area contributed by atoms with Crippen molar-refractivity contribution in [2.45, 2.75) is 39.5 Å². The van der Waals surface area contributed by atoms with Gasteiger partial charge in [0.25, 0.3) is 0 Å². The summed E-state index contributed by atoms with van der Waals surface area (Å²) < 4.78 is 14.0. The van der Waals surface area contributed by atoms with Crippen LogP contribution in [0.15, 0.2) is 60.7 Å². The first-order valence-electron chi connectivity index (χ1n) is 9.63. The Morgan fingerprint density at radius 1 is 0.720 bits per heavy atom. The second-order valence-electron chi connectivity index (χ2n) is 6.68. The Bertz CT molecular complexity index is 590. The van der Waals surface area contributed by atoms with E-state index >= 15 is 0 Å². The van der Waals surface area contributed by atoms with Crippen LogP contribution in [0.25, 0.3) is 0 Å². The highest BCUT2D eigenvalue weighted by atomic mass is 31.2. The molecule has 136 valence electrons. The molecule has 0 saturated carbocycles. The molecule has 2 aromatic carbocycles. The average molecular weight is 357 g/mol. The van der Waals surface area contributed by atoms with E-state index in [4.69, 9.17) is 0 Å². The van der Waals surface area contributed by atoms with Gasteiger partial charge in [-0.3, -0.25) is 0 Å². The van der Waals surface area contributed by atoms with Gasteiger partial charge in [0.05, 0.1) is 0 Å². The molecule has 25 heavy (non-hydrogen) atoms. The number of hydrogen-bond acceptors (Lipinski definition) is 2. The van der Waals surface area contributed by atoms with Crippen molar-refractivity contribution >= 4 is 17.8 Å². The van der Waals surface area contributed by atoms with E-state index in [-0.39, 0.29) is 0 Å². The SMILES string of the molecule is CCCCN(CCCC)CCP(=O)(c1ccccc1)c1ccccc1. The summed E-state index contributed by atoms with van der Waals surface area (Å²) in [4.78, 5) is 2.51. The van der Waals surface area contributed by atoms with E-state index in [1.807, 2.05) is 60.7 Å². The second kappa shape index (κ2) is 10.6. The third-order valence-corrected chi connectivity index (χ3v) is 7.83. The maximum Gasteiger partial charge on any atom is 0.144 e. The van der Waals surface area contributed by atoms with Crippen molar-refractivity contribution in [1.29, 1.82) is 0 Å². The van der Waals surface area contributed by atoms with Crippen molar-refractivity contribution in [2.24, 2.45) is 0 Å². The van der Waals surface area contributed by atoms with Crippen molar-refractivity contribution < 1.29 is 4.57 Å². The van der Waals surface area contributed by atoms with Gasteiger partial charge in [0.1, 0.15) is 7.14 Å². The molecule has 0 heterocycles. The summed E-state index contributed by atoms with van der Waals surface area (Å²) >= 11 is 0. The summed E-state index contributed by atoms with van der Waals surface area (Å²) in [6.07, 6.45) is 5.55. The lowest BCUT2D eigenvalue weighted by Crippen LogP contribution is -2.31. The minimum Gasteiger partial charge on any atom is -0.314 e. The third kappa shape index (κ3) is 5.83. The largest absolute Gasteiger partial charge is 0.314 e. The molecule has 0 aromatic heterocycles. The highest BCUT2D eigenvalue weighted by molar-refractivity contribution is 7.78. The molecule has 0 atom stereocenters. The summed E-state index contributed by atoms with van der Waals surface area (Å²) in [5.74, 6) is 0. The highest BCUT2D eigenvalue weighted by Crippen LogP contribution is 2.43. The van der Waals surface area contributed by atoms with Crippen molar-refractivity contribution in [3.05, 3.63) is 60.7 Å². The molecular formula is C22H32NOP. The highest BCUT2D eigenvalue weighted by Gasteiger charge is 2.27. The Labute approximate surface area is 153 Å². The van der Waals surface area contributed by atoms with Crippen LogP contribution in [0.4, 0.5) is 0 Å². The summed E-state index contributed by atoms with van der Waals surface area (Å²) in [5.41, 5.74) is 0. The fourth-order valence-electron chi connectivity index (χ4n) is 3.13. The molecule has 0 radical (unpaired) electrons.